The van der Waals surface area contributed by atoms with Crippen LogP contribution in [-0.2, 0) is 7.05 Å². The minimum absolute atomic E-state index is 0.246. The van der Waals surface area contributed by atoms with Crippen LogP contribution in [0.1, 0.15) is 6.92 Å². The minimum atomic E-state index is -0.246. The lowest BCUT2D eigenvalue weighted by Gasteiger charge is -2.07. The second-order valence-electron chi connectivity index (χ2n) is 3.69. The third kappa shape index (κ3) is 2.23. The van der Waals surface area contributed by atoms with Gasteiger partial charge in [0.15, 0.2) is 0 Å². The summed E-state index contributed by atoms with van der Waals surface area (Å²) in [5.41, 5.74) is 0.378. The molecule has 96 valence electrons. The second kappa shape index (κ2) is 5.04. The van der Waals surface area contributed by atoms with Gasteiger partial charge in [0.1, 0.15) is 0 Å². The number of aryl methyl sites for hydroxylation is 1. The molecule has 18 heavy (non-hydrogen) atoms. The summed E-state index contributed by atoms with van der Waals surface area (Å²) < 4.78 is 2.71. The van der Waals surface area contributed by atoms with Gasteiger partial charge in [-0.3, -0.25) is 0 Å². The van der Waals surface area contributed by atoms with Crippen molar-refractivity contribution in [2.24, 2.45) is 7.05 Å². The van der Waals surface area contributed by atoms with E-state index in [0.29, 0.717) is 28.2 Å². The van der Waals surface area contributed by atoms with Crippen molar-refractivity contribution in [1.82, 2.24) is 14.3 Å². The lowest BCUT2D eigenvalue weighted by atomic mass is 10.3. The summed E-state index contributed by atoms with van der Waals surface area (Å²) in [6.45, 7) is 2.59. The zero-order valence-electron chi connectivity index (χ0n) is 9.94. The molecular weight excluding hydrogens is 275 g/mol. The fourth-order valence-electron chi connectivity index (χ4n) is 1.59. The molecule has 0 fully saturated rings. The van der Waals surface area contributed by atoms with Gasteiger partial charge in [0.05, 0.1) is 15.7 Å². The van der Waals surface area contributed by atoms with Crippen LogP contribution >= 0.6 is 23.2 Å². The third-order valence-corrected chi connectivity index (χ3v) is 3.16. The van der Waals surface area contributed by atoms with E-state index in [-0.39, 0.29) is 5.69 Å². The Morgan fingerprint density at radius 1 is 1.33 bits per heavy atom. The van der Waals surface area contributed by atoms with E-state index in [9.17, 15) is 4.79 Å². The molecule has 0 aliphatic heterocycles. The van der Waals surface area contributed by atoms with Crippen molar-refractivity contribution in [2.45, 2.75) is 6.92 Å². The predicted molar refractivity (Wildman–Crippen MR) is 73.0 cm³/mol. The normalized spacial score (nSPS) is 10.7. The van der Waals surface area contributed by atoms with Crippen LogP contribution in [0.3, 0.4) is 0 Å². The van der Waals surface area contributed by atoms with Crippen LogP contribution in [0.4, 0.5) is 5.95 Å². The van der Waals surface area contributed by atoms with Crippen molar-refractivity contribution in [1.29, 1.82) is 0 Å². The number of nitrogens with one attached hydrogen (secondary N) is 1. The highest BCUT2D eigenvalue weighted by Gasteiger charge is 2.13. The van der Waals surface area contributed by atoms with Crippen LogP contribution in [0.25, 0.3) is 5.69 Å². The van der Waals surface area contributed by atoms with Gasteiger partial charge >= 0.3 is 5.69 Å². The monoisotopic (exact) mass is 286 g/mol. The van der Waals surface area contributed by atoms with Gasteiger partial charge in [-0.05, 0) is 25.1 Å². The minimum Gasteiger partial charge on any atom is -0.354 e. The SMILES string of the molecule is CCNc1nn(C)c(=O)n1-c1ccc(Cl)c(Cl)c1. The number of nitrogens with zero attached hydrogens (tertiary/aromatic N) is 3. The van der Waals surface area contributed by atoms with E-state index in [4.69, 9.17) is 23.2 Å². The molecule has 2 rings (SSSR count). The highest BCUT2D eigenvalue weighted by atomic mass is 35.5. The average molecular weight is 287 g/mol. The van der Waals surface area contributed by atoms with Gasteiger partial charge in [0, 0.05) is 13.6 Å². The average Bonchev–Trinajstić information content (AvgIpc) is 2.60. The Morgan fingerprint density at radius 2 is 2.06 bits per heavy atom. The fourth-order valence-corrected chi connectivity index (χ4v) is 1.89. The molecular formula is C11H12Cl2N4O. The molecule has 0 amide bonds. The van der Waals surface area contributed by atoms with Gasteiger partial charge < -0.3 is 5.32 Å². The van der Waals surface area contributed by atoms with Crippen molar-refractivity contribution in [3.05, 3.63) is 38.7 Å². The number of halogens is 2. The molecule has 0 bridgehead atoms. The first-order valence-electron chi connectivity index (χ1n) is 5.40. The van der Waals surface area contributed by atoms with E-state index in [1.54, 1.807) is 25.2 Å². The van der Waals surface area contributed by atoms with E-state index in [1.165, 1.54) is 9.25 Å². The first-order valence-corrected chi connectivity index (χ1v) is 6.15. The Morgan fingerprint density at radius 3 is 2.67 bits per heavy atom. The Kier molecular flexibility index (Phi) is 3.63. The molecule has 1 aromatic heterocycles. The van der Waals surface area contributed by atoms with Crippen molar-refractivity contribution in [3.63, 3.8) is 0 Å². The molecule has 0 spiro atoms. The smallest absolute Gasteiger partial charge is 0.351 e. The van der Waals surface area contributed by atoms with Crippen LogP contribution in [0.5, 0.6) is 0 Å². The number of hydrogen-bond acceptors (Lipinski definition) is 3. The van der Waals surface area contributed by atoms with Crippen LogP contribution in [0.15, 0.2) is 23.0 Å². The molecule has 7 heteroatoms. The zero-order valence-corrected chi connectivity index (χ0v) is 11.5. The Hall–Kier alpha value is -1.46. The molecule has 0 radical (unpaired) electrons. The maximum atomic E-state index is 12.0. The number of rotatable bonds is 3. The van der Waals surface area contributed by atoms with Crippen LogP contribution in [0, 0.1) is 0 Å². The summed E-state index contributed by atoms with van der Waals surface area (Å²) in [6, 6.07) is 5.00. The maximum Gasteiger partial charge on any atom is 0.351 e. The van der Waals surface area contributed by atoms with Crippen molar-refractivity contribution < 1.29 is 0 Å². The van der Waals surface area contributed by atoms with Crippen molar-refractivity contribution >= 4 is 29.2 Å². The third-order valence-electron chi connectivity index (χ3n) is 2.42. The highest BCUT2D eigenvalue weighted by Crippen LogP contribution is 2.24. The molecule has 0 unspecified atom stereocenters. The summed E-state index contributed by atoms with van der Waals surface area (Å²) in [4.78, 5) is 12.0. The van der Waals surface area contributed by atoms with E-state index >= 15 is 0 Å². The summed E-state index contributed by atoms with van der Waals surface area (Å²) in [5, 5.41) is 7.98. The highest BCUT2D eigenvalue weighted by molar-refractivity contribution is 6.42. The van der Waals surface area contributed by atoms with Gasteiger partial charge in [-0.15, -0.1) is 5.10 Å². The second-order valence-corrected chi connectivity index (χ2v) is 4.51. The molecule has 0 aliphatic rings. The zero-order chi connectivity index (χ0) is 13.3. The van der Waals surface area contributed by atoms with Crippen molar-refractivity contribution in [2.75, 3.05) is 11.9 Å². The van der Waals surface area contributed by atoms with Gasteiger partial charge in [-0.2, -0.15) is 0 Å². The van der Waals surface area contributed by atoms with Crippen LogP contribution in [-0.4, -0.2) is 20.9 Å². The first-order chi connectivity index (χ1) is 8.54. The van der Waals surface area contributed by atoms with E-state index in [1.807, 2.05) is 6.92 Å². The first kappa shape index (κ1) is 13.0. The number of hydrogen-bond donors (Lipinski definition) is 1. The van der Waals surface area contributed by atoms with Gasteiger partial charge in [-0.25, -0.2) is 14.0 Å². The van der Waals surface area contributed by atoms with Crippen LogP contribution < -0.4 is 11.0 Å². The molecule has 5 nitrogen and oxygen atoms in total. The summed E-state index contributed by atoms with van der Waals surface area (Å²) in [6.07, 6.45) is 0. The standard InChI is InChI=1S/C11H12Cl2N4O/c1-3-14-10-15-16(2)11(18)17(10)7-4-5-8(12)9(13)6-7/h4-6H,3H2,1-2H3,(H,14,15). The van der Waals surface area contributed by atoms with E-state index in [0.717, 1.165) is 0 Å². The molecule has 0 aliphatic carbocycles. The molecule has 0 saturated carbocycles. The van der Waals surface area contributed by atoms with Crippen molar-refractivity contribution in [3.8, 4) is 5.69 Å². The van der Waals surface area contributed by atoms with Gasteiger partial charge in [0.25, 0.3) is 0 Å². The van der Waals surface area contributed by atoms with E-state index < -0.39 is 0 Å². The molecule has 0 atom stereocenters. The predicted octanol–water partition coefficient (Wildman–Crippen LogP) is 2.31. The van der Waals surface area contributed by atoms with Gasteiger partial charge in [0.2, 0.25) is 5.95 Å². The molecule has 1 aromatic carbocycles. The van der Waals surface area contributed by atoms with E-state index in [2.05, 4.69) is 10.4 Å². The molecule has 2 aromatic rings. The molecule has 1 N–H and O–H groups in total. The Labute approximate surface area is 114 Å². The maximum absolute atomic E-state index is 12.0. The summed E-state index contributed by atoms with van der Waals surface area (Å²) in [7, 11) is 1.59. The number of anilines is 1. The summed E-state index contributed by atoms with van der Waals surface area (Å²) in [5.74, 6) is 0.475. The van der Waals surface area contributed by atoms with Crippen LogP contribution in [0.2, 0.25) is 10.0 Å². The largest absolute Gasteiger partial charge is 0.354 e. The summed E-state index contributed by atoms with van der Waals surface area (Å²) >= 11 is 11.8. The topological polar surface area (TPSA) is 51.9 Å². The van der Waals surface area contributed by atoms with Gasteiger partial charge in [-0.1, -0.05) is 23.2 Å². The molecule has 1 heterocycles. The molecule has 0 saturated heterocycles. The Bertz CT molecular complexity index is 632. The lowest BCUT2D eigenvalue weighted by Crippen LogP contribution is -2.22. The Balaban J connectivity index is 2.62. The lowest BCUT2D eigenvalue weighted by molar-refractivity contribution is 0.726. The fraction of sp³-hybridized carbons (Fsp3) is 0.273. The number of benzene rings is 1. The number of aromatic nitrogens is 3. The quantitative estimate of drug-likeness (QED) is 0.942.